The van der Waals surface area contributed by atoms with Crippen molar-refractivity contribution in [2.24, 2.45) is 0 Å². The minimum absolute atomic E-state index is 0.00129. The number of hydrogen-bond acceptors (Lipinski definition) is 5. The van der Waals surface area contributed by atoms with E-state index < -0.39 is 25.7 Å². The zero-order valence-electron chi connectivity index (χ0n) is 17.9. The van der Waals surface area contributed by atoms with Crippen LogP contribution in [0.25, 0.3) is 0 Å². The van der Waals surface area contributed by atoms with Gasteiger partial charge in [0, 0.05) is 21.1 Å². The van der Waals surface area contributed by atoms with E-state index in [0.717, 1.165) is 17.1 Å². The van der Waals surface area contributed by atoms with Crippen molar-refractivity contribution in [3.63, 3.8) is 0 Å². The van der Waals surface area contributed by atoms with Crippen LogP contribution in [0.1, 0.15) is 25.7 Å². The SMILES string of the molecule is CN(CC1(F)CCCC1)c1ccccc1NS(=O)(=O)c1ccc(S(=O)(=O)N(C)C)cc1. The first kappa shape index (κ1) is 23.5. The molecule has 0 spiro atoms. The fourth-order valence-corrected chi connectivity index (χ4v) is 5.75. The summed E-state index contributed by atoms with van der Waals surface area (Å²) in [6.07, 6.45) is 2.73. The van der Waals surface area contributed by atoms with Gasteiger partial charge >= 0.3 is 0 Å². The van der Waals surface area contributed by atoms with Gasteiger partial charge in [-0.25, -0.2) is 25.5 Å². The smallest absolute Gasteiger partial charge is 0.261 e. The molecular formula is C21H28FN3O4S2. The number of anilines is 2. The molecule has 0 heterocycles. The molecule has 0 aliphatic heterocycles. The molecule has 0 atom stereocenters. The number of benzene rings is 2. The second-order valence-corrected chi connectivity index (χ2v) is 11.9. The van der Waals surface area contributed by atoms with Crippen molar-refractivity contribution in [3.05, 3.63) is 48.5 Å². The van der Waals surface area contributed by atoms with Crippen molar-refractivity contribution in [2.75, 3.05) is 37.3 Å². The van der Waals surface area contributed by atoms with Crippen LogP contribution in [0.15, 0.2) is 58.3 Å². The maximum absolute atomic E-state index is 14.9. The van der Waals surface area contributed by atoms with E-state index in [9.17, 15) is 21.2 Å². The first-order valence-electron chi connectivity index (χ1n) is 9.99. The third-order valence-electron chi connectivity index (χ3n) is 5.49. The molecule has 10 heteroatoms. The highest BCUT2D eigenvalue weighted by molar-refractivity contribution is 7.92. The summed E-state index contributed by atoms with van der Waals surface area (Å²) < 4.78 is 68.8. The molecule has 0 saturated heterocycles. The van der Waals surface area contributed by atoms with Crippen LogP contribution in [0.2, 0.25) is 0 Å². The summed E-state index contributed by atoms with van der Waals surface area (Å²) >= 11 is 0. The zero-order chi connectivity index (χ0) is 22.9. The van der Waals surface area contributed by atoms with Crippen LogP contribution >= 0.6 is 0 Å². The van der Waals surface area contributed by atoms with Crippen LogP contribution in [0.5, 0.6) is 0 Å². The third-order valence-corrected chi connectivity index (χ3v) is 8.70. The van der Waals surface area contributed by atoms with Gasteiger partial charge in [-0.1, -0.05) is 25.0 Å². The fraction of sp³-hybridized carbons (Fsp3) is 0.429. The van der Waals surface area contributed by atoms with Gasteiger partial charge in [-0.15, -0.1) is 0 Å². The van der Waals surface area contributed by atoms with E-state index in [0.29, 0.717) is 24.2 Å². The van der Waals surface area contributed by atoms with Gasteiger partial charge in [-0.3, -0.25) is 4.72 Å². The average molecular weight is 470 g/mol. The van der Waals surface area contributed by atoms with Gasteiger partial charge in [-0.2, -0.15) is 0 Å². The predicted molar refractivity (Wildman–Crippen MR) is 120 cm³/mol. The predicted octanol–water partition coefficient (Wildman–Crippen LogP) is 3.46. The van der Waals surface area contributed by atoms with E-state index in [2.05, 4.69) is 4.72 Å². The molecule has 1 aliphatic carbocycles. The van der Waals surface area contributed by atoms with Crippen LogP contribution in [-0.4, -0.2) is 54.5 Å². The number of hydrogen-bond donors (Lipinski definition) is 1. The Morgan fingerprint density at radius 2 is 1.45 bits per heavy atom. The molecule has 0 aromatic heterocycles. The van der Waals surface area contributed by atoms with Crippen LogP contribution in [0.4, 0.5) is 15.8 Å². The maximum Gasteiger partial charge on any atom is 0.261 e. The normalized spacial score (nSPS) is 16.4. The van der Waals surface area contributed by atoms with E-state index in [-0.39, 0.29) is 16.3 Å². The van der Waals surface area contributed by atoms with Crippen LogP contribution < -0.4 is 9.62 Å². The number of nitrogens with zero attached hydrogens (tertiary/aromatic N) is 2. The van der Waals surface area contributed by atoms with E-state index in [1.54, 1.807) is 36.2 Å². The first-order chi connectivity index (χ1) is 14.4. The molecule has 1 fully saturated rings. The Bertz CT molecular complexity index is 1130. The van der Waals surface area contributed by atoms with Gasteiger partial charge < -0.3 is 4.90 Å². The summed E-state index contributed by atoms with van der Waals surface area (Å²) in [5, 5.41) is 0. The molecule has 0 unspecified atom stereocenters. The zero-order valence-corrected chi connectivity index (χ0v) is 19.5. The number of para-hydroxylation sites is 2. The van der Waals surface area contributed by atoms with Crippen molar-refractivity contribution in [1.82, 2.24) is 4.31 Å². The second-order valence-electron chi connectivity index (χ2n) is 8.10. The van der Waals surface area contributed by atoms with Crippen molar-refractivity contribution < 1.29 is 21.2 Å². The maximum atomic E-state index is 14.9. The highest BCUT2D eigenvalue weighted by Crippen LogP contribution is 2.36. The van der Waals surface area contributed by atoms with E-state index in [4.69, 9.17) is 0 Å². The Morgan fingerprint density at radius 3 is 2.03 bits per heavy atom. The molecule has 2 aromatic carbocycles. The number of halogens is 1. The molecule has 31 heavy (non-hydrogen) atoms. The molecule has 1 saturated carbocycles. The van der Waals surface area contributed by atoms with Gasteiger partial charge in [0.15, 0.2) is 0 Å². The van der Waals surface area contributed by atoms with Gasteiger partial charge in [-0.05, 0) is 49.2 Å². The topological polar surface area (TPSA) is 86.8 Å². The molecule has 0 radical (unpaired) electrons. The Balaban J connectivity index is 1.84. The largest absolute Gasteiger partial charge is 0.370 e. The first-order valence-corrected chi connectivity index (χ1v) is 12.9. The van der Waals surface area contributed by atoms with E-state index >= 15 is 0 Å². The summed E-state index contributed by atoms with van der Waals surface area (Å²) in [5.41, 5.74) is -0.368. The Morgan fingerprint density at radius 1 is 0.903 bits per heavy atom. The lowest BCUT2D eigenvalue weighted by Gasteiger charge is -2.29. The van der Waals surface area contributed by atoms with Gasteiger partial charge in [0.1, 0.15) is 5.67 Å². The molecule has 1 N–H and O–H groups in total. The quantitative estimate of drug-likeness (QED) is 0.640. The number of nitrogens with one attached hydrogen (secondary N) is 1. The molecule has 3 rings (SSSR count). The Labute approximate surface area is 184 Å². The number of alkyl halides is 1. The summed E-state index contributed by atoms with van der Waals surface area (Å²) in [4.78, 5) is 1.66. The third kappa shape index (κ3) is 5.19. The van der Waals surface area contributed by atoms with Crippen molar-refractivity contribution in [3.8, 4) is 0 Å². The van der Waals surface area contributed by atoms with Crippen molar-refractivity contribution >= 4 is 31.4 Å². The lowest BCUT2D eigenvalue weighted by molar-refractivity contribution is 0.181. The number of sulfonamides is 2. The molecular weight excluding hydrogens is 441 g/mol. The molecule has 1 aliphatic rings. The molecule has 0 amide bonds. The molecule has 0 bridgehead atoms. The summed E-state index contributed by atoms with van der Waals surface area (Å²) in [5.74, 6) is 0. The summed E-state index contributed by atoms with van der Waals surface area (Å²) in [7, 11) is -3.08. The van der Waals surface area contributed by atoms with E-state index in [1.165, 1.54) is 38.4 Å². The van der Waals surface area contributed by atoms with Crippen molar-refractivity contribution in [2.45, 2.75) is 41.1 Å². The lowest BCUT2D eigenvalue weighted by atomic mass is 10.0. The average Bonchev–Trinajstić information content (AvgIpc) is 3.14. The van der Waals surface area contributed by atoms with Gasteiger partial charge in [0.2, 0.25) is 10.0 Å². The second kappa shape index (κ2) is 8.76. The highest BCUT2D eigenvalue weighted by atomic mass is 32.2. The molecule has 2 aromatic rings. The summed E-state index contributed by atoms with van der Waals surface area (Å²) in [6.45, 7) is 0.183. The van der Waals surface area contributed by atoms with Gasteiger partial charge in [0.25, 0.3) is 10.0 Å². The van der Waals surface area contributed by atoms with Crippen molar-refractivity contribution in [1.29, 1.82) is 0 Å². The minimum Gasteiger partial charge on any atom is -0.370 e. The van der Waals surface area contributed by atoms with Crippen LogP contribution in [0, 0.1) is 0 Å². The van der Waals surface area contributed by atoms with Gasteiger partial charge in [0.05, 0.1) is 27.7 Å². The standard InChI is InChI=1S/C21H28FN3O4S2/c1-24(2)31(28,29)18-12-10-17(11-13-18)30(26,27)23-19-8-4-5-9-20(19)25(3)16-21(22)14-6-7-15-21/h4-5,8-13,23H,6-7,14-16H2,1-3H3. The molecule has 7 nitrogen and oxygen atoms in total. The summed E-state index contributed by atoms with van der Waals surface area (Å²) in [6, 6.07) is 11.8. The molecule has 170 valence electrons. The number of rotatable bonds is 8. The highest BCUT2D eigenvalue weighted by Gasteiger charge is 2.35. The van der Waals surface area contributed by atoms with Crippen LogP contribution in [0.3, 0.4) is 0 Å². The fourth-order valence-electron chi connectivity index (χ4n) is 3.78. The Kier molecular flexibility index (Phi) is 6.64. The lowest BCUT2D eigenvalue weighted by Crippen LogP contribution is -2.36. The Hall–Kier alpha value is -2.17. The van der Waals surface area contributed by atoms with E-state index in [1.807, 2.05) is 0 Å². The minimum atomic E-state index is -3.97. The monoisotopic (exact) mass is 469 g/mol. The van der Waals surface area contributed by atoms with Crippen LogP contribution in [-0.2, 0) is 20.0 Å².